The molecule has 0 spiro atoms. The Bertz CT molecular complexity index is 420. The van der Waals surface area contributed by atoms with Gasteiger partial charge in [0.1, 0.15) is 0 Å². The summed E-state index contributed by atoms with van der Waals surface area (Å²) in [5, 5.41) is 3.05. The molecule has 0 saturated heterocycles. The highest BCUT2D eigenvalue weighted by atomic mass is 19.2. The first kappa shape index (κ1) is 15.6. The molecule has 0 aliphatic carbocycles. The number of carbonyl (C=O) groups excluding carboxylic acids is 1. The van der Waals surface area contributed by atoms with E-state index >= 15 is 0 Å². The molecule has 1 aromatic rings. The van der Waals surface area contributed by atoms with E-state index in [2.05, 4.69) is 5.32 Å². The van der Waals surface area contributed by atoms with Crippen LogP contribution in [0.5, 0.6) is 0 Å². The highest BCUT2D eigenvalue weighted by Crippen LogP contribution is 2.08. The molecule has 0 aromatic heterocycles. The molecule has 0 fully saturated rings. The van der Waals surface area contributed by atoms with Crippen LogP contribution in [0.2, 0.25) is 0 Å². The average Bonchev–Trinajstić information content (AvgIpc) is 2.40. The number of carbonyl (C=O) groups is 1. The van der Waals surface area contributed by atoms with Crippen molar-refractivity contribution in [3.05, 3.63) is 35.4 Å². The number of halogens is 2. The fourth-order valence-corrected chi connectivity index (χ4v) is 1.81. The summed E-state index contributed by atoms with van der Waals surface area (Å²) in [5.74, 6) is -1.60. The van der Waals surface area contributed by atoms with Gasteiger partial charge in [0.15, 0.2) is 11.6 Å². The Labute approximate surface area is 112 Å². The molecule has 0 aliphatic rings. The number of rotatable bonds is 7. The molecular weight excluding hydrogens is 250 g/mol. The highest BCUT2D eigenvalue weighted by molar-refractivity contribution is 5.76. The Morgan fingerprint density at radius 3 is 2.47 bits per heavy atom. The van der Waals surface area contributed by atoms with Crippen molar-refractivity contribution in [3.63, 3.8) is 0 Å². The first-order valence-corrected chi connectivity index (χ1v) is 6.50. The van der Waals surface area contributed by atoms with Crippen molar-refractivity contribution in [2.24, 2.45) is 0 Å². The Morgan fingerprint density at radius 1 is 1.21 bits per heavy atom. The van der Waals surface area contributed by atoms with E-state index in [1.54, 1.807) is 4.90 Å². The van der Waals surface area contributed by atoms with Gasteiger partial charge in [-0.1, -0.05) is 6.07 Å². The third-order valence-corrected chi connectivity index (χ3v) is 2.94. The van der Waals surface area contributed by atoms with Crippen LogP contribution in [-0.4, -0.2) is 30.4 Å². The molecule has 3 nitrogen and oxygen atoms in total. The Kier molecular flexibility index (Phi) is 6.42. The predicted molar refractivity (Wildman–Crippen MR) is 70.6 cm³/mol. The van der Waals surface area contributed by atoms with Crippen LogP contribution in [0.3, 0.4) is 0 Å². The van der Waals surface area contributed by atoms with Gasteiger partial charge in [0.05, 0.1) is 0 Å². The summed E-state index contributed by atoms with van der Waals surface area (Å²) in [6, 6.07) is 3.79. The molecule has 1 amide bonds. The van der Waals surface area contributed by atoms with E-state index in [4.69, 9.17) is 0 Å². The standard InChI is InChI=1S/C14H20F2N2O/c1-3-18(4-2)14(19)7-8-17-10-11-5-6-12(15)13(16)9-11/h5-6,9,17H,3-4,7-8,10H2,1-2H3. The van der Waals surface area contributed by atoms with Crippen molar-refractivity contribution in [1.29, 1.82) is 0 Å². The minimum atomic E-state index is -0.849. The zero-order chi connectivity index (χ0) is 14.3. The lowest BCUT2D eigenvalue weighted by atomic mass is 10.2. The van der Waals surface area contributed by atoms with Crippen molar-refractivity contribution in [3.8, 4) is 0 Å². The van der Waals surface area contributed by atoms with E-state index in [0.717, 1.165) is 12.1 Å². The number of nitrogens with zero attached hydrogens (tertiary/aromatic N) is 1. The fraction of sp³-hybridized carbons (Fsp3) is 0.500. The second kappa shape index (κ2) is 7.84. The van der Waals surface area contributed by atoms with Crippen LogP contribution < -0.4 is 5.32 Å². The highest BCUT2D eigenvalue weighted by Gasteiger charge is 2.08. The van der Waals surface area contributed by atoms with Gasteiger partial charge < -0.3 is 10.2 Å². The third kappa shape index (κ3) is 4.95. The van der Waals surface area contributed by atoms with E-state index in [-0.39, 0.29) is 5.91 Å². The lowest BCUT2D eigenvalue weighted by Gasteiger charge is -2.18. The lowest BCUT2D eigenvalue weighted by molar-refractivity contribution is -0.130. The molecule has 0 radical (unpaired) electrons. The van der Waals surface area contributed by atoms with Crippen molar-refractivity contribution in [2.45, 2.75) is 26.8 Å². The maximum Gasteiger partial charge on any atom is 0.223 e. The first-order chi connectivity index (χ1) is 9.08. The summed E-state index contributed by atoms with van der Waals surface area (Å²) in [7, 11) is 0. The minimum absolute atomic E-state index is 0.0998. The number of benzene rings is 1. The smallest absolute Gasteiger partial charge is 0.223 e. The van der Waals surface area contributed by atoms with Crippen molar-refractivity contribution in [2.75, 3.05) is 19.6 Å². The van der Waals surface area contributed by atoms with E-state index in [0.29, 0.717) is 38.2 Å². The van der Waals surface area contributed by atoms with Gasteiger partial charge in [-0.3, -0.25) is 4.79 Å². The topological polar surface area (TPSA) is 32.3 Å². The number of hydrogen-bond acceptors (Lipinski definition) is 2. The Hall–Kier alpha value is -1.49. The third-order valence-electron chi connectivity index (χ3n) is 2.94. The normalized spacial score (nSPS) is 10.5. The van der Waals surface area contributed by atoms with E-state index in [9.17, 15) is 13.6 Å². The average molecular weight is 270 g/mol. The van der Waals surface area contributed by atoms with Gasteiger partial charge in [-0.15, -0.1) is 0 Å². The van der Waals surface area contributed by atoms with Gasteiger partial charge in [0.25, 0.3) is 0 Å². The summed E-state index contributed by atoms with van der Waals surface area (Å²) in [4.78, 5) is 13.5. The molecule has 0 aliphatic heterocycles. The fourth-order valence-electron chi connectivity index (χ4n) is 1.81. The molecule has 0 atom stereocenters. The molecule has 106 valence electrons. The van der Waals surface area contributed by atoms with E-state index in [1.807, 2.05) is 13.8 Å². The zero-order valence-corrected chi connectivity index (χ0v) is 11.4. The maximum absolute atomic E-state index is 13.0. The van der Waals surface area contributed by atoms with Crippen LogP contribution in [0.15, 0.2) is 18.2 Å². The molecule has 1 aromatic carbocycles. The van der Waals surface area contributed by atoms with E-state index < -0.39 is 11.6 Å². The second-order valence-electron chi connectivity index (χ2n) is 4.24. The minimum Gasteiger partial charge on any atom is -0.343 e. The molecule has 5 heteroatoms. The van der Waals surface area contributed by atoms with Gasteiger partial charge >= 0.3 is 0 Å². The van der Waals surface area contributed by atoms with Crippen LogP contribution in [-0.2, 0) is 11.3 Å². The SMILES string of the molecule is CCN(CC)C(=O)CCNCc1ccc(F)c(F)c1. The molecule has 0 saturated carbocycles. The van der Waals surface area contributed by atoms with Crippen LogP contribution in [0.4, 0.5) is 8.78 Å². The summed E-state index contributed by atoms with van der Waals surface area (Å²) >= 11 is 0. The molecule has 1 rings (SSSR count). The van der Waals surface area contributed by atoms with Gasteiger partial charge in [-0.2, -0.15) is 0 Å². The predicted octanol–water partition coefficient (Wildman–Crippen LogP) is 2.31. The van der Waals surface area contributed by atoms with Crippen LogP contribution in [0.1, 0.15) is 25.8 Å². The van der Waals surface area contributed by atoms with Crippen LogP contribution in [0, 0.1) is 11.6 Å². The van der Waals surface area contributed by atoms with E-state index in [1.165, 1.54) is 6.07 Å². The van der Waals surface area contributed by atoms with Gasteiger partial charge in [0.2, 0.25) is 5.91 Å². The number of amides is 1. The number of hydrogen-bond donors (Lipinski definition) is 1. The summed E-state index contributed by atoms with van der Waals surface area (Å²) in [6.45, 7) is 6.24. The van der Waals surface area contributed by atoms with Gasteiger partial charge in [-0.05, 0) is 31.5 Å². The quantitative estimate of drug-likeness (QED) is 0.771. The molecule has 19 heavy (non-hydrogen) atoms. The summed E-state index contributed by atoms with van der Waals surface area (Å²) in [5.41, 5.74) is 0.661. The van der Waals surface area contributed by atoms with Crippen LogP contribution in [0.25, 0.3) is 0 Å². The summed E-state index contributed by atoms with van der Waals surface area (Å²) in [6.07, 6.45) is 0.408. The van der Waals surface area contributed by atoms with Gasteiger partial charge in [-0.25, -0.2) is 8.78 Å². The monoisotopic (exact) mass is 270 g/mol. The molecular formula is C14H20F2N2O. The number of nitrogens with one attached hydrogen (secondary N) is 1. The second-order valence-corrected chi connectivity index (χ2v) is 4.24. The van der Waals surface area contributed by atoms with Crippen molar-refractivity contribution < 1.29 is 13.6 Å². The first-order valence-electron chi connectivity index (χ1n) is 6.50. The van der Waals surface area contributed by atoms with Crippen LogP contribution >= 0.6 is 0 Å². The van der Waals surface area contributed by atoms with Crippen molar-refractivity contribution in [1.82, 2.24) is 10.2 Å². The Morgan fingerprint density at radius 2 is 1.89 bits per heavy atom. The van der Waals surface area contributed by atoms with Gasteiger partial charge in [0, 0.05) is 32.6 Å². The zero-order valence-electron chi connectivity index (χ0n) is 11.4. The molecule has 0 heterocycles. The molecule has 0 unspecified atom stereocenters. The molecule has 1 N–H and O–H groups in total. The lowest BCUT2D eigenvalue weighted by Crippen LogP contribution is -2.32. The van der Waals surface area contributed by atoms with Crippen molar-refractivity contribution >= 4 is 5.91 Å². The molecule has 0 bridgehead atoms. The summed E-state index contributed by atoms with van der Waals surface area (Å²) < 4.78 is 25.7. The largest absolute Gasteiger partial charge is 0.343 e. The maximum atomic E-state index is 13.0. The Balaban J connectivity index is 2.31.